The van der Waals surface area contributed by atoms with Crippen LogP contribution in [0.4, 0.5) is 5.69 Å². The summed E-state index contributed by atoms with van der Waals surface area (Å²) in [7, 11) is 0. The van der Waals surface area contributed by atoms with Crippen molar-refractivity contribution in [3.63, 3.8) is 0 Å². The Labute approximate surface area is 102 Å². The highest BCUT2D eigenvalue weighted by Gasteiger charge is 2.36. The first-order chi connectivity index (χ1) is 7.50. The lowest BCUT2D eigenvalue weighted by atomic mass is 10.2. The van der Waals surface area contributed by atoms with Crippen molar-refractivity contribution < 1.29 is 4.92 Å². The molecule has 1 N–H and O–H groups in total. The second kappa shape index (κ2) is 4.14. The average Bonchev–Trinajstić information content (AvgIpc) is 2.95. The molecule has 0 bridgehead atoms. The molecule has 2 rings (SSSR count). The van der Waals surface area contributed by atoms with Gasteiger partial charge in [0.2, 0.25) is 0 Å². The van der Waals surface area contributed by atoms with Crippen LogP contribution in [0.2, 0.25) is 0 Å². The quantitative estimate of drug-likeness (QED) is 0.683. The van der Waals surface area contributed by atoms with Crippen molar-refractivity contribution in [1.29, 1.82) is 0 Å². The standard InChI is InChI=1S/C11H13BrN2O2/c1-11(4-5-11)13-7-8-2-3-9(14(15)16)6-10(8)12/h2-3,6,13H,4-5,7H2,1H3. The summed E-state index contributed by atoms with van der Waals surface area (Å²) in [5, 5.41) is 14.0. The molecule has 0 radical (unpaired) electrons. The minimum absolute atomic E-state index is 0.119. The van der Waals surface area contributed by atoms with Crippen LogP contribution in [0.15, 0.2) is 22.7 Å². The molecule has 0 heterocycles. The number of nitro groups is 1. The number of nitrogens with zero attached hydrogens (tertiary/aromatic N) is 1. The number of nitro benzene ring substituents is 1. The van der Waals surface area contributed by atoms with Crippen LogP contribution in [0.1, 0.15) is 25.3 Å². The van der Waals surface area contributed by atoms with Gasteiger partial charge >= 0.3 is 0 Å². The highest BCUT2D eigenvalue weighted by atomic mass is 79.9. The molecule has 16 heavy (non-hydrogen) atoms. The first kappa shape index (κ1) is 11.5. The van der Waals surface area contributed by atoms with Crippen molar-refractivity contribution in [3.8, 4) is 0 Å². The predicted octanol–water partition coefficient (Wildman–Crippen LogP) is 3.00. The summed E-state index contributed by atoms with van der Waals surface area (Å²) in [6.45, 7) is 2.93. The molecule has 5 heteroatoms. The van der Waals surface area contributed by atoms with Crippen LogP contribution < -0.4 is 5.32 Å². The zero-order valence-corrected chi connectivity index (χ0v) is 10.6. The van der Waals surface area contributed by atoms with E-state index in [4.69, 9.17) is 0 Å². The monoisotopic (exact) mass is 284 g/mol. The van der Waals surface area contributed by atoms with Crippen LogP contribution in [0, 0.1) is 10.1 Å². The highest BCUT2D eigenvalue weighted by Crippen LogP contribution is 2.35. The first-order valence-corrected chi connectivity index (χ1v) is 5.97. The lowest BCUT2D eigenvalue weighted by Gasteiger charge is -2.12. The van der Waals surface area contributed by atoms with Crippen LogP contribution >= 0.6 is 15.9 Å². The molecule has 1 aliphatic rings. The predicted molar refractivity (Wildman–Crippen MR) is 65.3 cm³/mol. The summed E-state index contributed by atoms with van der Waals surface area (Å²) < 4.78 is 0.790. The Morgan fingerprint density at radius 2 is 2.25 bits per heavy atom. The number of hydrogen-bond donors (Lipinski definition) is 1. The number of benzene rings is 1. The number of halogens is 1. The lowest BCUT2D eigenvalue weighted by molar-refractivity contribution is -0.384. The Kier molecular flexibility index (Phi) is 2.99. The molecule has 1 saturated carbocycles. The van der Waals surface area contributed by atoms with Crippen molar-refractivity contribution in [1.82, 2.24) is 5.32 Å². The largest absolute Gasteiger partial charge is 0.307 e. The minimum atomic E-state index is -0.385. The second-order valence-corrected chi connectivity index (χ2v) is 5.30. The SMILES string of the molecule is CC1(NCc2ccc([N+](=O)[O-])cc2Br)CC1. The Balaban J connectivity index is 2.07. The molecular weight excluding hydrogens is 272 g/mol. The van der Waals surface area contributed by atoms with Crippen LogP contribution in [-0.2, 0) is 6.54 Å². The Morgan fingerprint density at radius 1 is 1.56 bits per heavy atom. The van der Waals surface area contributed by atoms with E-state index < -0.39 is 0 Å². The van der Waals surface area contributed by atoms with Gasteiger partial charge in [-0.3, -0.25) is 10.1 Å². The minimum Gasteiger partial charge on any atom is -0.307 e. The molecule has 4 nitrogen and oxygen atoms in total. The molecule has 86 valence electrons. The van der Waals surface area contributed by atoms with Crippen molar-refractivity contribution in [2.24, 2.45) is 0 Å². The van der Waals surface area contributed by atoms with E-state index in [2.05, 4.69) is 28.2 Å². The second-order valence-electron chi connectivity index (χ2n) is 4.45. The van der Waals surface area contributed by atoms with E-state index in [0.29, 0.717) is 0 Å². The molecule has 1 fully saturated rings. The molecule has 0 unspecified atom stereocenters. The van der Waals surface area contributed by atoms with Gasteiger partial charge in [-0.15, -0.1) is 0 Å². The summed E-state index contributed by atoms with van der Waals surface area (Å²) in [5.74, 6) is 0. The van der Waals surface area contributed by atoms with E-state index in [1.807, 2.05) is 0 Å². The third kappa shape index (κ3) is 2.59. The average molecular weight is 285 g/mol. The summed E-state index contributed by atoms with van der Waals surface area (Å²) >= 11 is 3.36. The van der Waals surface area contributed by atoms with Gasteiger partial charge in [0.25, 0.3) is 5.69 Å². The van der Waals surface area contributed by atoms with Gasteiger partial charge < -0.3 is 5.32 Å². The van der Waals surface area contributed by atoms with Crippen LogP contribution in [0.25, 0.3) is 0 Å². The van der Waals surface area contributed by atoms with Gasteiger partial charge in [-0.1, -0.05) is 15.9 Å². The van der Waals surface area contributed by atoms with E-state index >= 15 is 0 Å². The lowest BCUT2D eigenvalue weighted by Crippen LogP contribution is -2.27. The van der Waals surface area contributed by atoms with Crippen LogP contribution in [0.3, 0.4) is 0 Å². The molecule has 0 aliphatic heterocycles. The summed E-state index contributed by atoms with van der Waals surface area (Å²) in [6.07, 6.45) is 2.41. The molecule has 0 saturated heterocycles. The Bertz CT molecular complexity index is 430. The van der Waals surface area contributed by atoms with Gasteiger partial charge in [-0.05, 0) is 31.4 Å². The topological polar surface area (TPSA) is 55.2 Å². The van der Waals surface area contributed by atoms with Crippen molar-refractivity contribution in [2.75, 3.05) is 0 Å². The number of nitrogens with one attached hydrogen (secondary N) is 1. The van der Waals surface area contributed by atoms with Crippen molar-refractivity contribution in [2.45, 2.75) is 31.8 Å². The van der Waals surface area contributed by atoms with Crippen molar-refractivity contribution in [3.05, 3.63) is 38.3 Å². The maximum absolute atomic E-state index is 10.6. The van der Waals surface area contributed by atoms with Crippen LogP contribution in [0.5, 0.6) is 0 Å². The van der Waals surface area contributed by atoms with Gasteiger partial charge in [-0.2, -0.15) is 0 Å². The Hall–Kier alpha value is -0.940. The number of non-ortho nitro benzene ring substituents is 1. The van der Waals surface area contributed by atoms with E-state index in [1.165, 1.54) is 18.9 Å². The first-order valence-electron chi connectivity index (χ1n) is 5.18. The fraction of sp³-hybridized carbons (Fsp3) is 0.455. The number of rotatable bonds is 4. The van der Waals surface area contributed by atoms with Crippen molar-refractivity contribution >= 4 is 21.6 Å². The maximum Gasteiger partial charge on any atom is 0.270 e. The number of hydrogen-bond acceptors (Lipinski definition) is 3. The van der Waals surface area contributed by atoms with Crippen LogP contribution in [-0.4, -0.2) is 10.5 Å². The third-order valence-electron chi connectivity index (χ3n) is 2.95. The maximum atomic E-state index is 10.6. The smallest absolute Gasteiger partial charge is 0.270 e. The van der Waals surface area contributed by atoms with E-state index in [1.54, 1.807) is 12.1 Å². The van der Waals surface area contributed by atoms with E-state index in [-0.39, 0.29) is 16.1 Å². The molecule has 0 amide bonds. The summed E-state index contributed by atoms with van der Waals surface area (Å²) in [4.78, 5) is 10.2. The Morgan fingerprint density at radius 3 is 2.75 bits per heavy atom. The molecule has 0 spiro atoms. The molecular formula is C11H13BrN2O2. The summed E-state index contributed by atoms with van der Waals surface area (Å²) in [5.41, 5.74) is 1.45. The fourth-order valence-electron chi connectivity index (χ4n) is 1.47. The molecule has 1 aromatic rings. The molecule has 0 aromatic heterocycles. The molecule has 1 aromatic carbocycles. The third-order valence-corrected chi connectivity index (χ3v) is 3.69. The highest BCUT2D eigenvalue weighted by molar-refractivity contribution is 9.10. The normalized spacial score (nSPS) is 17.1. The van der Waals surface area contributed by atoms with E-state index in [0.717, 1.165) is 16.6 Å². The summed E-state index contributed by atoms with van der Waals surface area (Å²) in [6, 6.07) is 4.88. The zero-order valence-electron chi connectivity index (χ0n) is 9.00. The van der Waals surface area contributed by atoms with Gasteiger partial charge in [0.05, 0.1) is 4.92 Å². The van der Waals surface area contributed by atoms with E-state index in [9.17, 15) is 10.1 Å². The fourth-order valence-corrected chi connectivity index (χ4v) is 1.97. The van der Waals surface area contributed by atoms with Gasteiger partial charge in [0.1, 0.15) is 0 Å². The zero-order chi connectivity index (χ0) is 11.8. The van der Waals surface area contributed by atoms with Gasteiger partial charge in [0, 0.05) is 28.7 Å². The van der Waals surface area contributed by atoms with Gasteiger partial charge in [0.15, 0.2) is 0 Å². The molecule has 1 aliphatic carbocycles. The molecule has 0 atom stereocenters. The van der Waals surface area contributed by atoms with Gasteiger partial charge in [-0.25, -0.2) is 0 Å².